The van der Waals surface area contributed by atoms with E-state index < -0.39 is 6.67 Å². The molecule has 0 saturated carbocycles. The Labute approximate surface area is 72.0 Å². The maximum Gasteiger partial charge on any atom is 0.115 e. The molecule has 0 heterocycles. The topological polar surface area (TPSA) is 15.3 Å². The van der Waals surface area contributed by atoms with Crippen LogP contribution in [0.5, 0.6) is 0 Å². The fourth-order valence-corrected chi connectivity index (χ4v) is 0.977. The van der Waals surface area contributed by atoms with E-state index in [4.69, 9.17) is 0 Å². The van der Waals surface area contributed by atoms with Gasteiger partial charge in [0.25, 0.3) is 0 Å². The van der Waals surface area contributed by atoms with E-state index in [0.29, 0.717) is 5.56 Å². The highest BCUT2D eigenvalue weighted by molar-refractivity contribution is 5.46. The third kappa shape index (κ3) is 1.95. The lowest BCUT2D eigenvalue weighted by Gasteiger charge is -2.17. The fourth-order valence-electron chi connectivity index (χ4n) is 0.977. The molecule has 66 valence electrons. The Morgan fingerprint density at radius 2 is 2.25 bits per heavy atom. The van der Waals surface area contributed by atoms with Gasteiger partial charge in [0.2, 0.25) is 0 Å². The Bertz CT molecular complexity index is 250. The third-order valence-corrected chi connectivity index (χ3v) is 1.79. The summed E-state index contributed by atoms with van der Waals surface area (Å²) in [5, 5.41) is 1.83. The predicted molar refractivity (Wildman–Crippen MR) is 48.7 cm³/mol. The third-order valence-electron chi connectivity index (χ3n) is 1.79. The molecule has 1 N–H and O–H groups in total. The van der Waals surface area contributed by atoms with Crippen LogP contribution in [0.15, 0.2) is 24.3 Å². The number of nitrogens with one attached hydrogen (secondary N) is 1. The van der Waals surface area contributed by atoms with Crippen molar-refractivity contribution in [1.29, 1.82) is 0 Å². The standard InChI is InChI=1S/C9H13FN2/c1-11-12(2)9-5-3-4-8(6-9)7-10/h3-6,11H,7H2,1-2H3. The van der Waals surface area contributed by atoms with E-state index >= 15 is 0 Å². The number of rotatable bonds is 3. The largest absolute Gasteiger partial charge is 0.312 e. The molecular formula is C9H13FN2. The van der Waals surface area contributed by atoms with Gasteiger partial charge in [-0.25, -0.2) is 9.82 Å². The molecule has 0 aliphatic heterocycles. The van der Waals surface area contributed by atoms with Crippen LogP contribution < -0.4 is 10.4 Å². The average molecular weight is 168 g/mol. The number of hydrogen-bond donors (Lipinski definition) is 1. The highest BCUT2D eigenvalue weighted by Gasteiger charge is 1.98. The van der Waals surface area contributed by atoms with Crippen molar-refractivity contribution >= 4 is 5.69 Å². The van der Waals surface area contributed by atoms with Crippen LogP contribution in [-0.2, 0) is 6.67 Å². The number of hydrazine groups is 1. The molecule has 0 aromatic heterocycles. The molecule has 0 amide bonds. The molecular weight excluding hydrogens is 155 g/mol. The van der Waals surface area contributed by atoms with E-state index in [0.717, 1.165) is 5.69 Å². The van der Waals surface area contributed by atoms with Gasteiger partial charge in [0.05, 0.1) is 5.69 Å². The van der Waals surface area contributed by atoms with Crippen LogP contribution in [0.1, 0.15) is 5.56 Å². The lowest BCUT2D eigenvalue weighted by atomic mass is 10.2. The first kappa shape index (κ1) is 9.00. The van der Waals surface area contributed by atoms with Gasteiger partial charge in [-0.3, -0.25) is 0 Å². The lowest BCUT2D eigenvalue weighted by Crippen LogP contribution is -2.30. The zero-order chi connectivity index (χ0) is 8.97. The molecule has 12 heavy (non-hydrogen) atoms. The van der Waals surface area contributed by atoms with Gasteiger partial charge in [-0.15, -0.1) is 0 Å². The molecule has 3 heteroatoms. The van der Waals surface area contributed by atoms with Crippen LogP contribution in [0.25, 0.3) is 0 Å². The van der Waals surface area contributed by atoms with Gasteiger partial charge in [-0.2, -0.15) is 0 Å². The van der Waals surface area contributed by atoms with Gasteiger partial charge >= 0.3 is 0 Å². The second kappa shape index (κ2) is 4.07. The Morgan fingerprint density at radius 3 is 2.83 bits per heavy atom. The number of nitrogens with zero attached hydrogens (tertiary/aromatic N) is 1. The van der Waals surface area contributed by atoms with Crippen LogP contribution >= 0.6 is 0 Å². The minimum absolute atomic E-state index is 0.411. The summed E-state index contributed by atoms with van der Waals surface area (Å²) in [6, 6.07) is 7.36. The molecule has 1 aromatic carbocycles. The maximum atomic E-state index is 12.2. The summed E-state index contributed by atoms with van der Waals surface area (Å²) in [6.07, 6.45) is 0. The van der Waals surface area contributed by atoms with E-state index in [-0.39, 0.29) is 0 Å². The van der Waals surface area contributed by atoms with Crippen molar-refractivity contribution in [3.63, 3.8) is 0 Å². The zero-order valence-electron chi connectivity index (χ0n) is 7.34. The first-order valence-electron chi connectivity index (χ1n) is 3.84. The molecule has 0 atom stereocenters. The minimum atomic E-state index is -0.411. The van der Waals surface area contributed by atoms with Crippen LogP contribution in [0.3, 0.4) is 0 Å². The van der Waals surface area contributed by atoms with Gasteiger partial charge in [0.1, 0.15) is 6.67 Å². The van der Waals surface area contributed by atoms with Crippen molar-refractivity contribution in [1.82, 2.24) is 5.43 Å². The first-order valence-corrected chi connectivity index (χ1v) is 3.84. The average Bonchev–Trinajstić information content (AvgIpc) is 2.17. The molecule has 0 bridgehead atoms. The quantitative estimate of drug-likeness (QED) is 0.691. The van der Waals surface area contributed by atoms with Crippen molar-refractivity contribution < 1.29 is 4.39 Å². The van der Waals surface area contributed by atoms with Crippen LogP contribution in [0.2, 0.25) is 0 Å². The molecule has 2 nitrogen and oxygen atoms in total. The first-order chi connectivity index (χ1) is 5.77. The molecule has 1 rings (SSSR count). The number of alkyl halides is 1. The number of benzene rings is 1. The maximum absolute atomic E-state index is 12.2. The molecule has 0 aliphatic carbocycles. The molecule has 0 unspecified atom stereocenters. The summed E-state index contributed by atoms with van der Waals surface area (Å²) in [5.41, 5.74) is 4.61. The van der Waals surface area contributed by atoms with E-state index in [9.17, 15) is 4.39 Å². The fraction of sp³-hybridized carbons (Fsp3) is 0.333. The van der Waals surface area contributed by atoms with Crippen molar-refractivity contribution in [3.8, 4) is 0 Å². The number of hydrogen-bond acceptors (Lipinski definition) is 2. The van der Waals surface area contributed by atoms with Gasteiger partial charge < -0.3 is 5.01 Å². The molecule has 1 aromatic rings. The Hall–Kier alpha value is -1.09. The number of anilines is 1. The van der Waals surface area contributed by atoms with Crippen molar-refractivity contribution in [2.75, 3.05) is 19.1 Å². The van der Waals surface area contributed by atoms with E-state index in [1.54, 1.807) is 6.07 Å². The summed E-state index contributed by atoms with van der Waals surface area (Å²) in [5.74, 6) is 0. The second-order valence-electron chi connectivity index (χ2n) is 2.59. The molecule has 0 radical (unpaired) electrons. The van der Waals surface area contributed by atoms with Crippen molar-refractivity contribution in [3.05, 3.63) is 29.8 Å². The van der Waals surface area contributed by atoms with Crippen LogP contribution in [-0.4, -0.2) is 14.1 Å². The van der Waals surface area contributed by atoms with Gasteiger partial charge in [0.15, 0.2) is 0 Å². The minimum Gasteiger partial charge on any atom is -0.312 e. The van der Waals surface area contributed by atoms with E-state index in [2.05, 4.69) is 5.43 Å². The van der Waals surface area contributed by atoms with Crippen LogP contribution in [0.4, 0.5) is 10.1 Å². The molecule has 0 fully saturated rings. The number of halogens is 1. The summed E-state index contributed by atoms with van der Waals surface area (Å²) < 4.78 is 12.2. The molecule has 0 saturated heterocycles. The van der Waals surface area contributed by atoms with Gasteiger partial charge in [-0.1, -0.05) is 12.1 Å². The Kier molecular flexibility index (Phi) is 3.05. The summed E-state index contributed by atoms with van der Waals surface area (Å²) in [7, 11) is 3.71. The lowest BCUT2D eigenvalue weighted by molar-refractivity contribution is 0.485. The highest BCUT2D eigenvalue weighted by atomic mass is 19.1. The van der Waals surface area contributed by atoms with Crippen LogP contribution in [0, 0.1) is 0 Å². The van der Waals surface area contributed by atoms with Gasteiger partial charge in [0, 0.05) is 14.1 Å². The highest BCUT2D eigenvalue weighted by Crippen LogP contribution is 2.13. The summed E-state index contributed by atoms with van der Waals surface area (Å²) in [6.45, 7) is -0.411. The smallest absolute Gasteiger partial charge is 0.115 e. The van der Waals surface area contributed by atoms with E-state index in [1.165, 1.54) is 0 Å². The van der Waals surface area contributed by atoms with Crippen molar-refractivity contribution in [2.24, 2.45) is 0 Å². The normalized spacial score (nSPS) is 9.92. The second-order valence-corrected chi connectivity index (χ2v) is 2.59. The Morgan fingerprint density at radius 1 is 1.50 bits per heavy atom. The monoisotopic (exact) mass is 168 g/mol. The summed E-state index contributed by atoms with van der Waals surface area (Å²) in [4.78, 5) is 0. The zero-order valence-corrected chi connectivity index (χ0v) is 7.34. The Balaban J connectivity index is 2.86. The SMILES string of the molecule is CNN(C)c1cccc(CF)c1. The molecule has 0 aliphatic rings. The molecule has 0 spiro atoms. The van der Waals surface area contributed by atoms with E-state index in [1.807, 2.05) is 37.3 Å². The predicted octanol–water partition coefficient (Wildman–Crippen LogP) is 1.73. The van der Waals surface area contributed by atoms with Gasteiger partial charge in [-0.05, 0) is 17.7 Å². The summed E-state index contributed by atoms with van der Waals surface area (Å²) >= 11 is 0. The van der Waals surface area contributed by atoms with Crippen molar-refractivity contribution in [2.45, 2.75) is 6.67 Å².